The van der Waals surface area contributed by atoms with Gasteiger partial charge in [0.2, 0.25) is 0 Å². The van der Waals surface area contributed by atoms with Crippen molar-refractivity contribution >= 4 is 11.5 Å². The van der Waals surface area contributed by atoms with Crippen LogP contribution in [0.5, 0.6) is 0 Å². The number of nitrogens with one attached hydrogen (secondary N) is 1. The van der Waals surface area contributed by atoms with Crippen LogP contribution in [0, 0.1) is 18.8 Å². The SMILES string of the molecule is Cc1nn(C(C)C)c(NCC2CCCCC2C)c1N. The molecular weight excluding hydrogens is 236 g/mol. The summed E-state index contributed by atoms with van der Waals surface area (Å²) in [5, 5.41) is 8.08. The van der Waals surface area contributed by atoms with Gasteiger partial charge in [0.05, 0.1) is 11.4 Å². The second-order valence-corrected chi connectivity index (χ2v) is 6.29. The highest BCUT2D eigenvalue weighted by molar-refractivity contribution is 5.64. The Labute approximate surface area is 116 Å². The minimum Gasteiger partial charge on any atom is -0.394 e. The van der Waals surface area contributed by atoms with E-state index in [1.54, 1.807) is 0 Å². The molecule has 0 radical (unpaired) electrons. The molecule has 2 unspecified atom stereocenters. The molecule has 2 atom stereocenters. The Bertz CT molecular complexity index is 422. The summed E-state index contributed by atoms with van der Waals surface area (Å²) in [5.41, 5.74) is 7.87. The van der Waals surface area contributed by atoms with Gasteiger partial charge in [0, 0.05) is 12.6 Å². The molecule has 1 aliphatic carbocycles. The molecule has 1 aromatic heterocycles. The van der Waals surface area contributed by atoms with Crippen molar-refractivity contribution in [2.75, 3.05) is 17.6 Å². The topological polar surface area (TPSA) is 55.9 Å². The van der Waals surface area contributed by atoms with Crippen molar-refractivity contribution in [1.82, 2.24) is 9.78 Å². The van der Waals surface area contributed by atoms with E-state index in [4.69, 9.17) is 5.73 Å². The van der Waals surface area contributed by atoms with E-state index < -0.39 is 0 Å². The summed E-state index contributed by atoms with van der Waals surface area (Å²) in [5.74, 6) is 2.59. The van der Waals surface area contributed by atoms with Crippen LogP contribution < -0.4 is 11.1 Å². The van der Waals surface area contributed by atoms with Crippen molar-refractivity contribution in [3.05, 3.63) is 5.69 Å². The first kappa shape index (κ1) is 14.2. The lowest BCUT2D eigenvalue weighted by atomic mass is 9.80. The van der Waals surface area contributed by atoms with Crippen LogP contribution in [0.15, 0.2) is 0 Å². The largest absolute Gasteiger partial charge is 0.394 e. The highest BCUT2D eigenvalue weighted by Crippen LogP contribution is 2.31. The molecule has 1 saturated carbocycles. The molecule has 0 saturated heterocycles. The van der Waals surface area contributed by atoms with E-state index in [2.05, 4.69) is 31.2 Å². The van der Waals surface area contributed by atoms with Crippen molar-refractivity contribution in [1.29, 1.82) is 0 Å². The minimum atomic E-state index is 0.335. The quantitative estimate of drug-likeness (QED) is 0.873. The fourth-order valence-electron chi connectivity index (χ4n) is 3.03. The first-order valence-electron chi connectivity index (χ1n) is 7.59. The molecule has 0 aromatic carbocycles. The fraction of sp³-hybridized carbons (Fsp3) is 0.800. The molecule has 0 bridgehead atoms. The standard InChI is InChI=1S/C15H28N4/c1-10(2)19-15(14(16)12(4)18-19)17-9-13-8-6-5-7-11(13)3/h10-11,13,17H,5-9,16H2,1-4H3. The van der Waals surface area contributed by atoms with Gasteiger partial charge in [-0.3, -0.25) is 0 Å². The van der Waals surface area contributed by atoms with Gasteiger partial charge in [0.1, 0.15) is 5.82 Å². The summed E-state index contributed by atoms with van der Waals surface area (Å²) in [6, 6.07) is 0.335. The predicted octanol–water partition coefficient (Wildman–Crippen LogP) is 3.59. The third-order valence-corrected chi connectivity index (χ3v) is 4.44. The second kappa shape index (κ2) is 5.85. The number of rotatable bonds is 4. The zero-order valence-electron chi connectivity index (χ0n) is 12.7. The Kier molecular flexibility index (Phi) is 4.38. The smallest absolute Gasteiger partial charge is 0.148 e. The Balaban J connectivity index is 2.06. The first-order chi connectivity index (χ1) is 9.00. The summed E-state index contributed by atoms with van der Waals surface area (Å²) in [4.78, 5) is 0. The number of nitrogens with two attached hydrogens (primary N) is 1. The summed E-state index contributed by atoms with van der Waals surface area (Å²) >= 11 is 0. The molecule has 108 valence electrons. The molecule has 19 heavy (non-hydrogen) atoms. The van der Waals surface area contributed by atoms with Crippen LogP contribution in [0.1, 0.15) is 58.2 Å². The number of hydrogen-bond donors (Lipinski definition) is 2. The van der Waals surface area contributed by atoms with Crippen LogP contribution in [-0.2, 0) is 0 Å². The first-order valence-corrected chi connectivity index (χ1v) is 7.59. The highest BCUT2D eigenvalue weighted by Gasteiger charge is 2.22. The van der Waals surface area contributed by atoms with E-state index in [1.807, 2.05) is 11.6 Å². The number of aryl methyl sites for hydroxylation is 1. The molecule has 1 fully saturated rings. The monoisotopic (exact) mass is 264 g/mol. The maximum absolute atomic E-state index is 6.15. The van der Waals surface area contributed by atoms with E-state index in [-0.39, 0.29) is 0 Å². The molecule has 0 aliphatic heterocycles. The summed E-state index contributed by atoms with van der Waals surface area (Å²) in [7, 11) is 0. The van der Waals surface area contributed by atoms with Crippen LogP contribution in [0.4, 0.5) is 11.5 Å². The molecule has 1 aliphatic rings. The molecule has 4 heteroatoms. The Morgan fingerprint density at radius 2 is 2.05 bits per heavy atom. The summed E-state index contributed by atoms with van der Waals surface area (Å²) in [6.07, 6.45) is 5.46. The van der Waals surface area contributed by atoms with Gasteiger partial charge in [-0.2, -0.15) is 5.10 Å². The van der Waals surface area contributed by atoms with E-state index in [9.17, 15) is 0 Å². The van der Waals surface area contributed by atoms with Gasteiger partial charge < -0.3 is 11.1 Å². The second-order valence-electron chi connectivity index (χ2n) is 6.29. The molecule has 3 N–H and O–H groups in total. The Morgan fingerprint density at radius 1 is 1.37 bits per heavy atom. The van der Waals surface area contributed by atoms with Gasteiger partial charge in [0.25, 0.3) is 0 Å². The Hall–Kier alpha value is -1.19. The molecule has 0 spiro atoms. The van der Waals surface area contributed by atoms with Gasteiger partial charge in [-0.1, -0.05) is 26.2 Å². The predicted molar refractivity (Wildman–Crippen MR) is 81.4 cm³/mol. The molecule has 1 heterocycles. The number of nitrogens with zero attached hydrogens (tertiary/aromatic N) is 2. The van der Waals surface area contributed by atoms with Crippen molar-refractivity contribution in [3.63, 3.8) is 0 Å². The van der Waals surface area contributed by atoms with Gasteiger partial charge in [-0.15, -0.1) is 0 Å². The van der Waals surface area contributed by atoms with E-state index in [0.29, 0.717) is 6.04 Å². The van der Waals surface area contributed by atoms with Crippen molar-refractivity contribution < 1.29 is 0 Å². The van der Waals surface area contributed by atoms with Crippen molar-refractivity contribution in [2.24, 2.45) is 11.8 Å². The zero-order valence-corrected chi connectivity index (χ0v) is 12.7. The lowest BCUT2D eigenvalue weighted by molar-refractivity contribution is 0.268. The molecule has 4 nitrogen and oxygen atoms in total. The zero-order chi connectivity index (χ0) is 14.0. The summed E-state index contributed by atoms with van der Waals surface area (Å²) < 4.78 is 2.01. The minimum absolute atomic E-state index is 0.335. The maximum Gasteiger partial charge on any atom is 0.148 e. The van der Waals surface area contributed by atoms with Gasteiger partial charge in [-0.25, -0.2) is 4.68 Å². The van der Waals surface area contributed by atoms with E-state index >= 15 is 0 Å². The van der Waals surface area contributed by atoms with E-state index in [0.717, 1.165) is 35.6 Å². The van der Waals surface area contributed by atoms with Crippen LogP contribution in [-0.4, -0.2) is 16.3 Å². The van der Waals surface area contributed by atoms with Crippen molar-refractivity contribution in [2.45, 2.75) is 59.4 Å². The van der Waals surface area contributed by atoms with E-state index in [1.165, 1.54) is 25.7 Å². The normalized spacial score (nSPS) is 23.8. The van der Waals surface area contributed by atoms with Crippen LogP contribution in [0.25, 0.3) is 0 Å². The van der Waals surface area contributed by atoms with Gasteiger partial charge in [0.15, 0.2) is 0 Å². The number of nitrogen functional groups attached to an aromatic ring is 1. The number of aromatic nitrogens is 2. The molecule has 1 aromatic rings. The fourth-order valence-corrected chi connectivity index (χ4v) is 3.03. The van der Waals surface area contributed by atoms with Crippen LogP contribution in [0.2, 0.25) is 0 Å². The average molecular weight is 264 g/mol. The van der Waals surface area contributed by atoms with Gasteiger partial charge in [-0.05, 0) is 39.0 Å². The lowest BCUT2D eigenvalue weighted by Crippen LogP contribution is -2.25. The van der Waals surface area contributed by atoms with Gasteiger partial charge >= 0.3 is 0 Å². The molecule has 0 amide bonds. The summed E-state index contributed by atoms with van der Waals surface area (Å²) in [6.45, 7) is 9.65. The lowest BCUT2D eigenvalue weighted by Gasteiger charge is -2.29. The van der Waals surface area contributed by atoms with Crippen LogP contribution >= 0.6 is 0 Å². The third kappa shape index (κ3) is 3.04. The number of anilines is 2. The van der Waals surface area contributed by atoms with Crippen LogP contribution in [0.3, 0.4) is 0 Å². The van der Waals surface area contributed by atoms with Crippen molar-refractivity contribution in [3.8, 4) is 0 Å². The maximum atomic E-state index is 6.15. The average Bonchev–Trinajstić information content (AvgIpc) is 2.65. The third-order valence-electron chi connectivity index (χ3n) is 4.44. The highest BCUT2D eigenvalue weighted by atomic mass is 15.4. The molecule has 2 rings (SSSR count). The number of hydrogen-bond acceptors (Lipinski definition) is 3. The molecular formula is C15H28N4. The Morgan fingerprint density at radius 3 is 2.68 bits per heavy atom.